The molecule has 0 aliphatic heterocycles. The predicted octanol–water partition coefficient (Wildman–Crippen LogP) is 3.44. The topological polar surface area (TPSA) is 49.3 Å². The number of hydrogen-bond donors (Lipinski definition) is 2. The molecule has 0 bridgehead atoms. The van der Waals surface area contributed by atoms with Crippen molar-refractivity contribution in [3.63, 3.8) is 0 Å². The summed E-state index contributed by atoms with van der Waals surface area (Å²) < 4.78 is 1.04. The molecule has 0 spiro atoms. The van der Waals surface area contributed by atoms with Crippen LogP contribution in [0.25, 0.3) is 0 Å². The van der Waals surface area contributed by atoms with E-state index >= 15 is 0 Å². The Balaban J connectivity index is 1.98. The second-order valence-corrected chi connectivity index (χ2v) is 5.11. The van der Waals surface area contributed by atoms with E-state index < -0.39 is 5.97 Å². The molecule has 0 aliphatic carbocycles. The molecule has 0 heterocycles. The minimum Gasteiger partial charge on any atom is -0.478 e. The number of carboxylic acid groups (broad SMARTS) is 1. The molecule has 0 fully saturated rings. The lowest BCUT2D eigenvalue weighted by molar-refractivity contribution is 0.0695. The molecule has 19 heavy (non-hydrogen) atoms. The second-order valence-electron chi connectivity index (χ2n) is 4.20. The van der Waals surface area contributed by atoms with Crippen LogP contribution >= 0.6 is 15.9 Å². The van der Waals surface area contributed by atoms with Crippen LogP contribution in [0.2, 0.25) is 0 Å². The van der Waals surface area contributed by atoms with Gasteiger partial charge in [0.25, 0.3) is 0 Å². The number of hydrogen-bond acceptors (Lipinski definition) is 2. The van der Waals surface area contributed by atoms with Crippen molar-refractivity contribution in [3.05, 3.63) is 69.7 Å². The number of aromatic carboxylic acids is 1. The van der Waals surface area contributed by atoms with Gasteiger partial charge in [0.05, 0.1) is 5.56 Å². The molecule has 0 unspecified atom stereocenters. The van der Waals surface area contributed by atoms with Crippen LogP contribution in [0.15, 0.2) is 53.0 Å². The van der Waals surface area contributed by atoms with Crippen molar-refractivity contribution in [2.24, 2.45) is 0 Å². The van der Waals surface area contributed by atoms with Crippen molar-refractivity contribution in [2.75, 3.05) is 0 Å². The molecule has 2 N–H and O–H groups in total. The monoisotopic (exact) mass is 319 g/mol. The van der Waals surface area contributed by atoms with Crippen LogP contribution in [0.1, 0.15) is 21.5 Å². The molecule has 0 radical (unpaired) electrons. The fourth-order valence-corrected chi connectivity index (χ4v) is 2.32. The van der Waals surface area contributed by atoms with Crippen molar-refractivity contribution in [3.8, 4) is 0 Å². The number of carboxylic acids is 1. The highest BCUT2D eigenvalue weighted by atomic mass is 79.9. The third-order valence-electron chi connectivity index (χ3n) is 2.78. The summed E-state index contributed by atoms with van der Waals surface area (Å²) in [5.41, 5.74) is 2.30. The van der Waals surface area contributed by atoms with Gasteiger partial charge in [-0.1, -0.05) is 46.3 Å². The van der Waals surface area contributed by atoms with Gasteiger partial charge in [-0.25, -0.2) is 4.79 Å². The molecule has 0 aromatic heterocycles. The molecule has 2 aromatic carbocycles. The van der Waals surface area contributed by atoms with Gasteiger partial charge in [0.15, 0.2) is 0 Å². The average molecular weight is 320 g/mol. The summed E-state index contributed by atoms with van der Waals surface area (Å²) in [6, 6.07) is 15.1. The van der Waals surface area contributed by atoms with Gasteiger partial charge >= 0.3 is 5.97 Å². The zero-order chi connectivity index (χ0) is 13.7. The molecule has 0 saturated heterocycles. The van der Waals surface area contributed by atoms with E-state index in [1.807, 2.05) is 36.4 Å². The molecule has 98 valence electrons. The normalized spacial score (nSPS) is 10.4. The maximum Gasteiger partial charge on any atom is 0.336 e. The lowest BCUT2D eigenvalue weighted by Gasteiger charge is -2.08. The molecule has 0 atom stereocenters. The first-order valence-electron chi connectivity index (χ1n) is 5.93. The van der Waals surface area contributed by atoms with Gasteiger partial charge in [-0.3, -0.25) is 0 Å². The Labute approximate surface area is 120 Å². The Morgan fingerprint density at radius 2 is 1.89 bits per heavy atom. The third-order valence-corrected chi connectivity index (χ3v) is 3.27. The fourth-order valence-electron chi connectivity index (χ4n) is 1.87. The van der Waals surface area contributed by atoms with Crippen LogP contribution in [-0.4, -0.2) is 11.1 Å². The summed E-state index contributed by atoms with van der Waals surface area (Å²) in [5, 5.41) is 12.3. The van der Waals surface area contributed by atoms with E-state index in [2.05, 4.69) is 21.2 Å². The Bertz CT molecular complexity index is 584. The van der Waals surface area contributed by atoms with Gasteiger partial charge in [0.1, 0.15) is 0 Å². The van der Waals surface area contributed by atoms with Crippen LogP contribution in [-0.2, 0) is 13.1 Å². The SMILES string of the molecule is O=C(O)c1ccccc1CNCc1cccc(Br)c1. The van der Waals surface area contributed by atoms with Gasteiger partial charge in [0.2, 0.25) is 0 Å². The highest BCUT2D eigenvalue weighted by molar-refractivity contribution is 9.10. The molecule has 0 amide bonds. The zero-order valence-electron chi connectivity index (χ0n) is 10.3. The van der Waals surface area contributed by atoms with Gasteiger partial charge in [-0.15, -0.1) is 0 Å². The summed E-state index contributed by atoms with van der Waals surface area (Å²) in [5.74, 6) is -0.889. The first-order chi connectivity index (χ1) is 9.16. The van der Waals surface area contributed by atoms with E-state index in [0.717, 1.165) is 15.6 Å². The molecule has 2 aromatic rings. The lowest BCUT2D eigenvalue weighted by Crippen LogP contribution is -2.15. The summed E-state index contributed by atoms with van der Waals surface area (Å²) in [7, 11) is 0. The molecule has 0 aliphatic rings. The third kappa shape index (κ3) is 3.91. The molecule has 2 rings (SSSR count). The van der Waals surface area contributed by atoms with Crippen molar-refractivity contribution >= 4 is 21.9 Å². The number of carbonyl (C=O) groups is 1. The largest absolute Gasteiger partial charge is 0.478 e. The molecule has 0 saturated carbocycles. The maximum atomic E-state index is 11.1. The Hall–Kier alpha value is -1.65. The Morgan fingerprint density at radius 3 is 2.63 bits per heavy atom. The highest BCUT2D eigenvalue weighted by Gasteiger charge is 2.07. The van der Waals surface area contributed by atoms with Gasteiger partial charge < -0.3 is 10.4 Å². The molecule has 3 nitrogen and oxygen atoms in total. The van der Waals surface area contributed by atoms with Crippen molar-refractivity contribution in [1.29, 1.82) is 0 Å². The standard InChI is InChI=1S/C15H14BrNO2/c16-13-6-3-4-11(8-13)9-17-10-12-5-1-2-7-14(12)15(18)19/h1-8,17H,9-10H2,(H,18,19). The second kappa shape index (κ2) is 6.50. The van der Waals surface area contributed by atoms with Crippen molar-refractivity contribution in [2.45, 2.75) is 13.1 Å². The average Bonchev–Trinajstić information content (AvgIpc) is 2.39. The van der Waals surface area contributed by atoms with E-state index in [1.54, 1.807) is 12.1 Å². The molecular weight excluding hydrogens is 306 g/mol. The first kappa shape index (κ1) is 13.8. The predicted molar refractivity (Wildman–Crippen MR) is 78.1 cm³/mol. The quantitative estimate of drug-likeness (QED) is 0.887. The number of halogens is 1. The van der Waals surface area contributed by atoms with Crippen molar-refractivity contribution in [1.82, 2.24) is 5.32 Å². The molecule has 4 heteroatoms. The Kier molecular flexibility index (Phi) is 4.71. The Morgan fingerprint density at radius 1 is 1.11 bits per heavy atom. The van der Waals surface area contributed by atoms with E-state index in [0.29, 0.717) is 18.7 Å². The summed E-state index contributed by atoms with van der Waals surface area (Å²) >= 11 is 3.42. The van der Waals surface area contributed by atoms with Crippen LogP contribution < -0.4 is 5.32 Å². The van der Waals surface area contributed by atoms with Crippen LogP contribution in [0, 0.1) is 0 Å². The van der Waals surface area contributed by atoms with Gasteiger partial charge in [0, 0.05) is 17.6 Å². The van der Waals surface area contributed by atoms with Crippen LogP contribution in [0.4, 0.5) is 0 Å². The number of rotatable bonds is 5. The fraction of sp³-hybridized carbons (Fsp3) is 0.133. The van der Waals surface area contributed by atoms with Crippen LogP contribution in [0.3, 0.4) is 0 Å². The van der Waals surface area contributed by atoms with E-state index in [9.17, 15) is 4.79 Å². The van der Waals surface area contributed by atoms with E-state index in [-0.39, 0.29) is 0 Å². The number of nitrogens with one attached hydrogen (secondary N) is 1. The number of benzene rings is 2. The van der Waals surface area contributed by atoms with Crippen molar-refractivity contribution < 1.29 is 9.90 Å². The summed E-state index contributed by atoms with van der Waals surface area (Å²) in [6.45, 7) is 1.24. The highest BCUT2D eigenvalue weighted by Crippen LogP contribution is 2.12. The first-order valence-corrected chi connectivity index (χ1v) is 6.72. The lowest BCUT2D eigenvalue weighted by atomic mass is 10.1. The van der Waals surface area contributed by atoms with E-state index in [1.165, 1.54) is 0 Å². The van der Waals surface area contributed by atoms with E-state index in [4.69, 9.17) is 5.11 Å². The van der Waals surface area contributed by atoms with Crippen LogP contribution in [0.5, 0.6) is 0 Å². The zero-order valence-corrected chi connectivity index (χ0v) is 11.9. The van der Waals surface area contributed by atoms with Gasteiger partial charge in [-0.2, -0.15) is 0 Å². The smallest absolute Gasteiger partial charge is 0.336 e. The molecular formula is C15H14BrNO2. The van der Waals surface area contributed by atoms with Gasteiger partial charge in [-0.05, 0) is 29.3 Å². The maximum absolute atomic E-state index is 11.1. The summed E-state index contributed by atoms with van der Waals surface area (Å²) in [6.07, 6.45) is 0. The summed E-state index contributed by atoms with van der Waals surface area (Å²) in [4.78, 5) is 11.1. The minimum atomic E-state index is -0.889. The minimum absolute atomic E-state index is 0.351.